The molecule has 2 rings (SSSR count). The van der Waals surface area contributed by atoms with Crippen molar-refractivity contribution in [1.29, 1.82) is 0 Å². The van der Waals surface area contributed by atoms with Crippen LogP contribution >= 0.6 is 0 Å². The van der Waals surface area contributed by atoms with Crippen LogP contribution in [-0.2, 0) is 14.3 Å². The van der Waals surface area contributed by atoms with Crippen LogP contribution < -0.4 is 14.8 Å². The summed E-state index contributed by atoms with van der Waals surface area (Å²) in [7, 11) is 3.11. The van der Waals surface area contributed by atoms with Crippen LogP contribution in [0.5, 0.6) is 11.5 Å². The van der Waals surface area contributed by atoms with Gasteiger partial charge in [0.05, 0.1) is 14.2 Å². The Bertz CT molecular complexity index is 656. The molecule has 0 aromatic heterocycles. The van der Waals surface area contributed by atoms with Gasteiger partial charge in [0.25, 0.3) is 5.91 Å². The van der Waals surface area contributed by atoms with E-state index in [0.717, 1.165) is 19.3 Å². The van der Waals surface area contributed by atoms with Crippen LogP contribution in [0.25, 0.3) is 6.08 Å². The van der Waals surface area contributed by atoms with Gasteiger partial charge >= 0.3 is 5.97 Å². The topological polar surface area (TPSA) is 73.9 Å². The maximum absolute atomic E-state index is 12.0. The Morgan fingerprint density at radius 1 is 1.19 bits per heavy atom. The smallest absolute Gasteiger partial charge is 0.331 e. The zero-order valence-corrected chi connectivity index (χ0v) is 15.6. The van der Waals surface area contributed by atoms with Gasteiger partial charge in [-0.1, -0.05) is 19.8 Å². The minimum atomic E-state index is -0.582. The molecule has 0 bridgehead atoms. The van der Waals surface area contributed by atoms with Crippen molar-refractivity contribution < 1.29 is 23.8 Å². The molecule has 142 valence electrons. The first-order chi connectivity index (χ1) is 12.5. The van der Waals surface area contributed by atoms with Crippen molar-refractivity contribution in [3.05, 3.63) is 29.8 Å². The van der Waals surface area contributed by atoms with Crippen molar-refractivity contribution in [3.63, 3.8) is 0 Å². The molecule has 1 aliphatic rings. The molecule has 0 spiro atoms. The molecule has 26 heavy (non-hydrogen) atoms. The molecule has 2 unspecified atom stereocenters. The second kappa shape index (κ2) is 9.85. The van der Waals surface area contributed by atoms with Crippen LogP contribution in [0.1, 0.15) is 38.2 Å². The molecule has 0 aliphatic heterocycles. The Kier molecular flexibility index (Phi) is 7.51. The maximum atomic E-state index is 12.0. The number of nitrogens with one attached hydrogen (secondary N) is 1. The highest BCUT2D eigenvalue weighted by molar-refractivity contribution is 5.89. The van der Waals surface area contributed by atoms with Gasteiger partial charge in [0, 0.05) is 17.7 Å². The zero-order valence-electron chi connectivity index (χ0n) is 15.6. The monoisotopic (exact) mass is 361 g/mol. The van der Waals surface area contributed by atoms with Crippen LogP contribution in [-0.4, -0.2) is 38.7 Å². The highest BCUT2D eigenvalue weighted by atomic mass is 16.5. The Balaban J connectivity index is 1.84. The molecule has 1 aromatic rings. The third kappa shape index (κ3) is 5.79. The van der Waals surface area contributed by atoms with Gasteiger partial charge in [0.15, 0.2) is 6.61 Å². The predicted octanol–water partition coefficient (Wildman–Crippen LogP) is 2.96. The first-order valence-electron chi connectivity index (χ1n) is 8.89. The molecule has 2 atom stereocenters. The summed E-state index contributed by atoms with van der Waals surface area (Å²) >= 11 is 0. The third-order valence-electron chi connectivity index (χ3n) is 4.64. The minimum Gasteiger partial charge on any atom is -0.497 e. The van der Waals surface area contributed by atoms with Crippen LogP contribution in [0, 0.1) is 5.92 Å². The fraction of sp³-hybridized carbons (Fsp3) is 0.500. The van der Waals surface area contributed by atoms with Gasteiger partial charge in [0.1, 0.15) is 11.5 Å². The first-order valence-corrected chi connectivity index (χ1v) is 8.89. The van der Waals surface area contributed by atoms with Gasteiger partial charge in [-0.05, 0) is 43.0 Å². The van der Waals surface area contributed by atoms with Crippen molar-refractivity contribution in [2.75, 3.05) is 20.8 Å². The third-order valence-corrected chi connectivity index (χ3v) is 4.64. The minimum absolute atomic E-state index is 0.173. The van der Waals surface area contributed by atoms with E-state index < -0.39 is 5.97 Å². The molecule has 6 heteroatoms. The summed E-state index contributed by atoms with van der Waals surface area (Å²) in [4.78, 5) is 23.8. The number of carbonyl (C=O) groups excluding carboxylic acids is 2. The van der Waals surface area contributed by atoms with Crippen LogP contribution in [0.3, 0.4) is 0 Å². The van der Waals surface area contributed by atoms with E-state index in [1.807, 2.05) is 0 Å². The quantitative estimate of drug-likeness (QED) is 0.597. The fourth-order valence-electron chi connectivity index (χ4n) is 3.09. The molecule has 1 saturated carbocycles. The van der Waals surface area contributed by atoms with E-state index in [0.29, 0.717) is 23.0 Å². The number of carbonyl (C=O) groups is 2. The van der Waals surface area contributed by atoms with Crippen molar-refractivity contribution in [1.82, 2.24) is 5.32 Å². The van der Waals surface area contributed by atoms with Crippen molar-refractivity contribution in [2.24, 2.45) is 5.92 Å². The number of methoxy groups -OCH3 is 2. The first kappa shape index (κ1) is 19.8. The van der Waals surface area contributed by atoms with Crippen molar-refractivity contribution in [3.8, 4) is 11.5 Å². The van der Waals surface area contributed by atoms with E-state index in [-0.39, 0.29) is 18.6 Å². The second-order valence-corrected chi connectivity index (χ2v) is 6.48. The van der Waals surface area contributed by atoms with E-state index in [2.05, 4.69) is 12.2 Å². The lowest BCUT2D eigenvalue weighted by molar-refractivity contribution is -0.144. The Morgan fingerprint density at radius 3 is 2.65 bits per heavy atom. The summed E-state index contributed by atoms with van der Waals surface area (Å²) in [5.74, 6) is 0.883. The normalized spacial score (nSPS) is 19.8. The molecular weight excluding hydrogens is 334 g/mol. The number of hydrogen-bond acceptors (Lipinski definition) is 5. The lowest BCUT2D eigenvalue weighted by Crippen LogP contribution is -2.42. The van der Waals surface area contributed by atoms with Crippen LogP contribution in [0.2, 0.25) is 0 Å². The molecule has 1 fully saturated rings. The van der Waals surface area contributed by atoms with E-state index in [9.17, 15) is 9.59 Å². The summed E-state index contributed by atoms with van der Waals surface area (Å²) in [5.41, 5.74) is 0.685. The maximum Gasteiger partial charge on any atom is 0.331 e. The van der Waals surface area contributed by atoms with Gasteiger partial charge in [0.2, 0.25) is 0 Å². The molecule has 1 amide bonds. The number of hydrogen-bond donors (Lipinski definition) is 1. The van der Waals surface area contributed by atoms with E-state index in [1.165, 1.54) is 12.5 Å². The van der Waals surface area contributed by atoms with E-state index in [4.69, 9.17) is 14.2 Å². The molecule has 0 heterocycles. The summed E-state index contributed by atoms with van der Waals surface area (Å²) < 4.78 is 15.4. The van der Waals surface area contributed by atoms with Crippen LogP contribution in [0.4, 0.5) is 0 Å². The molecule has 0 saturated heterocycles. The summed E-state index contributed by atoms with van der Waals surface area (Å²) in [6.07, 6.45) is 7.28. The lowest BCUT2D eigenvalue weighted by Gasteiger charge is -2.29. The number of benzene rings is 1. The average Bonchev–Trinajstić information content (AvgIpc) is 2.66. The zero-order chi connectivity index (χ0) is 18.9. The molecule has 1 N–H and O–H groups in total. The van der Waals surface area contributed by atoms with Gasteiger partial charge in [-0.15, -0.1) is 0 Å². The van der Waals surface area contributed by atoms with Crippen molar-refractivity contribution in [2.45, 2.75) is 38.6 Å². The number of rotatable bonds is 7. The average molecular weight is 361 g/mol. The fourth-order valence-corrected chi connectivity index (χ4v) is 3.09. The number of amides is 1. The summed E-state index contributed by atoms with van der Waals surface area (Å²) in [5, 5.41) is 2.95. The van der Waals surface area contributed by atoms with Gasteiger partial charge in [-0.2, -0.15) is 0 Å². The Morgan fingerprint density at radius 2 is 1.96 bits per heavy atom. The van der Waals surface area contributed by atoms with Crippen molar-refractivity contribution >= 4 is 18.0 Å². The highest BCUT2D eigenvalue weighted by Crippen LogP contribution is 2.25. The number of ether oxygens (including phenoxy) is 3. The standard InChI is InChI=1S/C20H27NO5/c1-14-6-4-5-7-17(14)21-19(22)13-26-20(23)11-8-15-12-16(24-2)9-10-18(15)25-3/h8-12,14,17H,4-7,13H2,1-3H3,(H,21,22)/b11-8+. The predicted molar refractivity (Wildman–Crippen MR) is 99.1 cm³/mol. The summed E-state index contributed by atoms with van der Waals surface area (Å²) in [6.45, 7) is 1.86. The summed E-state index contributed by atoms with van der Waals surface area (Å²) in [6, 6.07) is 5.44. The number of esters is 1. The molecule has 6 nitrogen and oxygen atoms in total. The Hall–Kier alpha value is -2.50. The molecule has 0 radical (unpaired) electrons. The van der Waals surface area contributed by atoms with Gasteiger partial charge < -0.3 is 19.5 Å². The second-order valence-electron chi connectivity index (χ2n) is 6.48. The molecule has 1 aromatic carbocycles. The Labute approximate surface area is 154 Å². The molecule has 1 aliphatic carbocycles. The van der Waals surface area contributed by atoms with Gasteiger partial charge in [-0.25, -0.2) is 4.79 Å². The van der Waals surface area contributed by atoms with Crippen LogP contribution in [0.15, 0.2) is 24.3 Å². The molecular formula is C20H27NO5. The highest BCUT2D eigenvalue weighted by Gasteiger charge is 2.22. The van der Waals surface area contributed by atoms with E-state index in [1.54, 1.807) is 38.5 Å². The van der Waals surface area contributed by atoms with Gasteiger partial charge in [-0.3, -0.25) is 4.79 Å². The van der Waals surface area contributed by atoms with E-state index >= 15 is 0 Å². The largest absolute Gasteiger partial charge is 0.497 e. The lowest BCUT2D eigenvalue weighted by atomic mass is 9.86. The SMILES string of the molecule is COc1ccc(OC)c(/C=C/C(=O)OCC(=O)NC2CCCCC2C)c1.